The van der Waals surface area contributed by atoms with E-state index in [4.69, 9.17) is 9.47 Å². The van der Waals surface area contributed by atoms with Crippen LogP contribution in [0.3, 0.4) is 0 Å². The molecule has 1 saturated heterocycles. The Kier molecular flexibility index (Phi) is 5.09. The van der Waals surface area contributed by atoms with Gasteiger partial charge in [0.15, 0.2) is 10.9 Å². The summed E-state index contributed by atoms with van der Waals surface area (Å²) >= 11 is 1.36. The second kappa shape index (κ2) is 5.87. The number of hydrogen-bond acceptors (Lipinski definition) is 4. The van der Waals surface area contributed by atoms with Crippen molar-refractivity contribution in [2.45, 2.75) is 51.9 Å². The summed E-state index contributed by atoms with van der Waals surface area (Å²) in [5.74, 6) is 0.471. The normalized spacial score (nSPS) is 24.3. The summed E-state index contributed by atoms with van der Waals surface area (Å²) in [6.45, 7) is 6.42. The molecule has 88 valence electrons. The predicted octanol–water partition coefficient (Wildman–Crippen LogP) is 2.59. The standard InChI is InChI=1S/C11H20O3S/c1-4-11(5-2)13-8-10(14-11)6-7-15-9(3)12/h10H,4-8H2,1-3H3. The second-order valence-corrected chi connectivity index (χ2v) is 5.07. The summed E-state index contributed by atoms with van der Waals surface area (Å²) in [7, 11) is 0. The Hall–Kier alpha value is -0.0600. The molecule has 0 aliphatic carbocycles. The van der Waals surface area contributed by atoms with Crippen molar-refractivity contribution in [1.82, 2.24) is 0 Å². The SMILES string of the molecule is CCC1(CC)OCC(CCSC(C)=O)O1. The third-order valence-corrected chi connectivity index (χ3v) is 3.58. The Morgan fingerprint density at radius 2 is 2.13 bits per heavy atom. The van der Waals surface area contributed by atoms with Gasteiger partial charge in [0.2, 0.25) is 0 Å². The van der Waals surface area contributed by atoms with Gasteiger partial charge in [-0.15, -0.1) is 0 Å². The van der Waals surface area contributed by atoms with E-state index in [1.54, 1.807) is 6.92 Å². The van der Waals surface area contributed by atoms with Crippen molar-refractivity contribution in [1.29, 1.82) is 0 Å². The molecule has 0 amide bonds. The van der Waals surface area contributed by atoms with E-state index >= 15 is 0 Å². The Labute approximate surface area is 95.9 Å². The Bertz CT molecular complexity index is 214. The third kappa shape index (κ3) is 3.78. The summed E-state index contributed by atoms with van der Waals surface area (Å²) < 4.78 is 11.6. The molecule has 1 unspecified atom stereocenters. The van der Waals surface area contributed by atoms with Gasteiger partial charge < -0.3 is 9.47 Å². The lowest BCUT2D eigenvalue weighted by Gasteiger charge is -2.24. The van der Waals surface area contributed by atoms with E-state index in [-0.39, 0.29) is 17.0 Å². The lowest BCUT2D eigenvalue weighted by atomic mass is 10.1. The van der Waals surface area contributed by atoms with Gasteiger partial charge in [0.05, 0.1) is 12.7 Å². The molecule has 0 N–H and O–H groups in total. The molecule has 4 heteroatoms. The number of thioether (sulfide) groups is 1. The van der Waals surface area contributed by atoms with Gasteiger partial charge in [-0.05, 0) is 19.3 Å². The van der Waals surface area contributed by atoms with Crippen molar-refractivity contribution in [3.8, 4) is 0 Å². The van der Waals surface area contributed by atoms with Crippen LogP contribution in [0.1, 0.15) is 40.0 Å². The van der Waals surface area contributed by atoms with Crippen LogP contribution in [0.2, 0.25) is 0 Å². The summed E-state index contributed by atoms with van der Waals surface area (Å²) in [4.78, 5) is 10.7. The van der Waals surface area contributed by atoms with Crippen LogP contribution in [0.5, 0.6) is 0 Å². The first-order valence-electron chi connectivity index (χ1n) is 5.57. The average molecular weight is 232 g/mol. The molecule has 1 aliphatic rings. The highest BCUT2D eigenvalue weighted by atomic mass is 32.2. The Morgan fingerprint density at radius 1 is 1.47 bits per heavy atom. The molecular weight excluding hydrogens is 212 g/mol. The van der Waals surface area contributed by atoms with E-state index < -0.39 is 0 Å². The molecule has 0 aromatic heterocycles. The van der Waals surface area contributed by atoms with Crippen molar-refractivity contribution in [2.75, 3.05) is 12.4 Å². The lowest BCUT2D eigenvalue weighted by molar-refractivity contribution is -0.171. The number of carbonyl (C=O) groups excluding carboxylic acids is 1. The monoisotopic (exact) mass is 232 g/mol. The van der Waals surface area contributed by atoms with Crippen LogP contribution in [-0.2, 0) is 14.3 Å². The Balaban J connectivity index is 2.27. The zero-order chi connectivity index (χ0) is 11.3. The largest absolute Gasteiger partial charge is 0.347 e. The van der Waals surface area contributed by atoms with Crippen molar-refractivity contribution >= 4 is 16.9 Å². The number of rotatable bonds is 5. The van der Waals surface area contributed by atoms with Crippen LogP contribution in [-0.4, -0.2) is 29.4 Å². The number of ether oxygens (including phenoxy) is 2. The average Bonchev–Trinajstić information content (AvgIpc) is 2.62. The summed E-state index contributed by atoms with van der Waals surface area (Å²) in [6.07, 6.45) is 2.84. The molecule has 3 nitrogen and oxygen atoms in total. The fraction of sp³-hybridized carbons (Fsp3) is 0.909. The summed E-state index contributed by atoms with van der Waals surface area (Å²) in [6, 6.07) is 0. The van der Waals surface area contributed by atoms with Crippen molar-refractivity contribution in [2.24, 2.45) is 0 Å². The zero-order valence-electron chi connectivity index (χ0n) is 9.75. The van der Waals surface area contributed by atoms with Gasteiger partial charge in [0, 0.05) is 12.7 Å². The molecule has 1 aliphatic heterocycles. The van der Waals surface area contributed by atoms with Crippen LogP contribution in [0.15, 0.2) is 0 Å². The zero-order valence-corrected chi connectivity index (χ0v) is 10.6. The maximum absolute atomic E-state index is 10.7. The molecule has 1 atom stereocenters. The van der Waals surface area contributed by atoms with Crippen LogP contribution in [0.25, 0.3) is 0 Å². The summed E-state index contributed by atoms with van der Waals surface area (Å²) in [5.41, 5.74) is 0. The van der Waals surface area contributed by atoms with Gasteiger partial charge in [-0.3, -0.25) is 4.79 Å². The molecule has 15 heavy (non-hydrogen) atoms. The van der Waals surface area contributed by atoms with Crippen LogP contribution < -0.4 is 0 Å². The second-order valence-electron chi connectivity index (χ2n) is 3.80. The van der Waals surface area contributed by atoms with E-state index in [0.717, 1.165) is 25.0 Å². The van der Waals surface area contributed by atoms with Gasteiger partial charge in [-0.25, -0.2) is 0 Å². The first-order chi connectivity index (χ1) is 7.12. The van der Waals surface area contributed by atoms with E-state index in [0.29, 0.717) is 6.61 Å². The van der Waals surface area contributed by atoms with E-state index in [2.05, 4.69) is 13.8 Å². The molecule has 0 saturated carbocycles. The molecular formula is C11H20O3S. The number of hydrogen-bond donors (Lipinski definition) is 0. The highest BCUT2D eigenvalue weighted by Gasteiger charge is 2.37. The minimum atomic E-state index is -0.356. The quantitative estimate of drug-likeness (QED) is 0.730. The van der Waals surface area contributed by atoms with Gasteiger partial charge in [-0.2, -0.15) is 0 Å². The van der Waals surface area contributed by atoms with Crippen molar-refractivity contribution < 1.29 is 14.3 Å². The number of carbonyl (C=O) groups is 1. The minimum Gasteiger partial charge on any atom is -0.347 e. The highest BCUT2D eigenvalue weighted by molar-refractivity contribution is 8.13. The van der Waals surface area contributed by atoms with E-state index in [1.807, 2.05) is 0 Å². The molecule has 1 heterocycles. The van der Waals surface area contributed by atoms with Crippen LogP contribution in [0, 0.1) is 0 Å². The topological polar surface area (TPSA) is 35.5 Å². The minimum absolute atomic E-state index is 0.164. The smallest absolute Gasteiger partial charge is 0.185 e. The van der Waals surface area contributed by atoms with Crippen LogP contribution in [0.4, 0.5) is 0 Å². The maximum Gasteiger partial charge on any atom is 0.185 e. The molecule has 1 rings (SSSR count). The molecule has 0 spiro atoms. The molecule has 0 aromatic carbocycles. The van der Waals surface area contributed by atoms with Gasteiger partial charge in [0.1, 0.15) is 0 Å². The lowest BCUT2D eigenvalue weighted by Crippen LogP contribution is -2.29. The van der Waals surface area contributed by atoms with Crippen molar-refractivity contribution in [3.05, 3.63) is 0 Å². The van der Waals surface area contributed by atoms with E-state index in [9.17, 15) is 4.79 Å². The molecule has 0 bridgehead atoms. The highest BCUT2D eigenvalue weighted by Crippen LogP contribution is 2.31. The first-order valence-corrected chi connectivity index (χ1v) is 6.55. The summed E-state index contributed by atoms with van der Waals surface area (Å²) in [5, 5.41) is 0.172. The van der Waals surface area contributed by atoms with Gasteiger partial charge in [0.25, 0.3) is 0 Å². The van der Waals surface area contributed by atoms with Gasteiger partial charge in [-0.1, -0.05) is 25.6 Å². The van der Waals surface area contributed by atoms with Crippen LogP contribution >= 0.6 is 11.8 Å². The molecule has 0 aromatic rings. The molecule has 1 fully saturated rings. The third-order valence-electron chi connectivity index (χ3n) is 2.74. The van der Waals surface area contributed by atoms with Crippen molar-refractivity contribution in [3.63, 3.8) is 0 Å². The fourth-order valence-corrected chi connectivity index (χ4v) is 2.38. The Morgan fingerprint density at radius 3 is 2.60 bits per heavy atom. The van der Waals surface area contributed by atoms with E-state index in [1.165, 1.54) is 11.8 Å². The molecule has 0 radical (unpaired) electrons. The fourth-order valence-electron chi connectivity index (χ4n) is 1.71. The van der Waals surface area contributed by atoms with Gasteiger partial charge >= 0.3 is 0 Å². The first kappa shape index (κ1) is 13.0. The predicted molar refractivity (Wildman–Crippen MR) is 61.9 cm³/mol. The maximum atomic E-state index is 10.7.